The van der Waals surface area contributed by atoms with Gasteiger partial charge in [-0.25, -0.2) is 9.59 Å². The number of benzene rings is 3. The summed E-state index contributed by atoms with van der Waals surface area (Å²) in [4.78, 5) is 23.0. The maximum Gasteiger partial charge on any atom is 0.340 e. The molecule has 0 amide bonds. The highest BCUT2D eigenvalue weighted by molar-refractivity contribution is 6.15. The number of carbonyl (C=O) groups is 2. The largest absolute Gasteiger partial charge is 0.506 e. The number of carboxylic acid groups (broad SMARTS) is 2. The van der Waals surface area contributed by atoms with Gasteiger partial charge in [-0.05, 0) is 23.1 Å². The van der Waals surface area contributed by atoms with Crippen LogP contribution in [0.15, 0.2) is 54.6 Å². The first-order valence-corrected chi connectivity index (χ1v) is 6.81. The molecule has 23 heavy (non-hydrogen) atoms. The van der Waals surface area contributed by atoms with Gasteiger partial charge in [-0.2, -0.15) is 0 Å². The number of hydrogen-bond donors (Lipinski definition) is 3. The lowest BCUT2D eigenvalue weighted by Gasteiger charge is -2.13. The van der Waals surface area contributed by atoms with Gasteiger partial charge in [-0.1, -0.05) is 42.5 Å². The van der Waals surface area contributed by atoms with E-state index in [1.165, 1.54) is 6.07 Å². The van der Waals surface area contributed by atoms with Crippen LogP contribution in [0.5, 0.6) is 5.75 Å². The van der Waals surface area contributed by atoms with Crippen molar-refractivity contribution in [2.45, 2.75) is 0 Å². The molecule has 0 saturated carbocycles. The van der Waals surface area contributed by atoms with E-state index in [0.717, 1.165) is 0 Å². The Balaban J connectivity index is 2.47. The molecule has 0 atom stereocenters. The van der Waals surface area contributed by atoms with Crippen molar-refractivity contribution in [1.82, 2.24) is 0 Å². The van der Waals surface area contributed by atoms with Crippen LogP contribution in [0.1, 0.15) is 20.7 Å². The Kier molecular flexibility index (Phi) is 3.46. The Morgan fingerprint density at radius 1 is 0.826 bits per heavy atom. The maximum atomic E-state index is 11.6. The third-order valence-electron chi connectivity index (χ3n) is 3.67. The van der Waals surface area contributed by atoms with Crippen molar-refractivity contribution in [2.75, 3.05) is 0 Å². The summed E-state index contributed by atoms with van der Waals surface area (Å²) in [5, 5.41) is 29.7. The zero-order valence-electron chi connectivity index (χ0n) is 11.9. The Labute approximate surface area is 131 Å². The Morgan fingerprint density at radius 3 is 2.13 bits per heavy atom. The number of aromatic carboxylic acids is 2. The predicted octanol–water partition coefficient (Wildman–Crippen LogP) is 3.61. The van der Waals surface area contributed by atoms with Crippen LogP contribution in [0.4, 0.5) is 0 Å². The normalized spacial score (nSPS) is 10.6. The Bertz CT molecular complexity index is 929. The number of fused-ring (bicyclic) bond motifs is 1. The molecular formula is C18H12O5. The van der Waals surface area contributed by atoms with Gasteiger partial charge in [0.05, 0.1) is 5.56 Å². The van der Waals surface area contributed by atoms with Gasteiger partial charge >= 0.3 is 11.9 Å². The van der Waals surface area contributed by atoms with Crippen molar-refractivity contribution in [3.8, 4) is 16.9 Å². The average Bonchev–Trinajstić information content (AvgIpc) is 2.54. The van der Waals surface area contributed by atoms with E-state index >= 15 is 0 Å². The molecule has 0 fully saturated rings. The van der Waals surface area contributed by atoms with Gasteiger partial charge < -0.3 is 15.3 Å². The fourth-order valence-corrected chi connectivity index (χ4v) is 2.67. The molecule has 0 saturated heterocycles. The van der Waals surface area contributed by atoms with E-state index < -0.39 is 23.3 Å². The van der Waals surface area contributed by atoms with E-state index in [2.05, 4.69) is 0 Å². The van der Waals surface area contributed by atoms with E-state index in [1.807, 2.05) is 6.07 Å². The van der Waals surface area contributed by atoms with Crippen LogP contribution in [0.25, 0.3) is 21.9 Å². The Morgan fingerprint density at radius 2 is 1.52 bits per heavy atom. The second-order valence-electron chi connectivity index (χ2n) is 5.03. The number of rotatable bonds is 3. The van der Waals surface area contributed by atoms with Gasteiger partial charge in [0.1, 0.15) is 11.3 Å². The second-order valence-corrected chi connectivity index (χ2v) is 5.03. The summed E-state index contributed by atoms with van der Waals surface area (Å²) >= 11 is 0. The van der Waals surface area contributed by atoms with Crippen molar-refractivity contribution in [3.05, 3.63) is 65.7 Å². The number of hydrogen-bond acceptors (Lipinski definition) is 3. The van der Waals surface area contributed by atoms with Crippen molar-refractivity contribution in [3.63, 3.8) is 0 Å². The summed E-state index contributed by atoms with van der Waals surface area (Å²) in [6.45, 7) is 0. The third-order valence-corrected chi connectivity index (χ3v) is 3.67. The first kappa shape index (κ1) is 14.6. The van der Waals surface area contributed by atoms with Gasteiger partial charge in [-0.15, -0.1) is 0 Å². The van der Waals surface area contributed by atoms with E-state index in [1.54, 1.807) is 42.5 Å². The lowest BCUT2D eigenvalue weighted by molar-refractivity contribution is 0.0693. The molecule has 0 heterocycles. The first-order chi connectivity index (χ1) is 11.0. The van der Waals surface area contributed by atoms with Crippen LogP contribution >= 0.6 is 0 Å². The summed E-state index contributed by atoms with van der Waals surface area (Å²) in [6.07, 6.45) is 0. The molecule has 3 aromatic rings. The average molecular weight is 308 g/mol. The minimum atomic E-state index is -1.38. The topological polar surface area (TPSA) is 94.8 Å². The predicted molar refractivity (Wildman–Crippen MR) is 85.0 cm³/mol. The van der Waals surface area contributed by atoms with Gasteiger partial charge in [-0.3, -0.25) is 0 Å². The minimum Gasteiger partial charge on any atom is -0.506 e. The number of aromatic hydroxyl groups is 1. The molecule has 3 rings (SSSR count). The fraction of sp³-hybridized carbons (Fsp3) is 0. The number of carboxylic acids is 2. The van der Waals surface area contributed by atoms with E-state index in [-0.39, 0.29) is 10.9 Å². The summed E-state index contributed by atoms with van der Waals surface area (Å²) in [7, 11) is 0. The highest BCUT2D eigenvalue weighted by Gasteiger charge is 2.23. The lowest BCUT2D eigenvalue weighted by atomic mass is 9.92. The molecule has 0 aliphatic carbocycles. The van der Waals surface area contributed by atoms with Crippen molar-refractivity contribution >= 4 is 22.7 Å². The van der Waals surface area contributed by atoms with Crippen LogP contribution in [-0.2, 0) is 0 Å². The van der Waals surface area contributed by atoms with E-state index in [0.29, 0.717) is 16.5 Å². The second kappa shape index (κ2) is 5.46. The van der Waals surface area contributed by atoms with Crippen molar-refractivity contribution in [1.29, 1.82) is 0 Å². The van der Waals surface area contributed by atoms with E-state index in [9.17, 15) is 24.9 Å². The van der Waals surface area contributed by atoms with Crippen molar-refractivity contribution < 1.29 is 24.9 Å². The Hall–Kier alpha value is -3.34. The molecule has 0 aliphatic heterocycles. The van der Waals surface area contributed by atoms with Gasteiger partial charge in [0.2, 0.25) is 0 Å². The highest BCUT2D eigenvalue weighted by atomic mass is 16.4. The standard InChI is InChI=1S/C18H12O5/c19-16-13(10-5-2-1-3-6-10)9-11-7-4-8-12(17(20)21)14(11)15(16)18(22)23/h1-9,19H,(H,20,21)(H,22,23). The summed E-state index contributed by atoms with van der Waals surface area (Å²) in [6, 6.07) is 14.9. The molecule has 5 nitrogen and oxygen atoms in total. The SMILES string of the molecule is O=C(O)c1cccc2cc(-c3ccccc3)c(O)c(C(=O)O)c12. The lowest BCUT2D eigenvalue weighted by Crippen LogP contribution is -2.05. The molecule has 0 aromatic heterocycles. The molecule has 114 valence electrons. The molecule has 5 heteroatoms. The fourth-order valence-electron chi connectivity index (χ4n) is 2.67. The molecule has 0 radical (unpaired) electrons. The zero-order chi connectivity index (χ0) is 16.6. The van der Waals surface area contributed by atoms with Crippen LogP contribution in [0.2, 0.25) is 0 Å². The van der Waals surface area contributed by atoms with E-state index in [4.69, 9.17) is 0 Å². The minimum absolute atomic E-state index is 0.0182. The monoisotopic (exact) mass is 308 g/mol. The van der Waals surface area contributed by atoms with Crippen LogP contribution in [-0.4, -0.2) is 27.3 Å². The summed E-state index contributed by atoms with van der Waals surface area (Å²) in [5.41, 5.74) is 0.433. The molecule has 0 spiro atoms. The molecule has 0 aliphatic rings. The molecule has 0 unspecified atom stereocenters. The van der Waals surface area contributed by atoms with Crippen LogP contribution in [0.3, 0.4) is 0 Å². The highest BCUT2D eigenvalue weighted by Crippen LogP contribution is 2.39. The van der Waals surface area contributed by atoms with Crippen LogP contribution < -0.4 is 0 Å². The maximum absolute atomic E-state index is 11.6. The molecule has 0 bridgehead atoms. The van der Waals surface area contributed by atoms with Gasteiger partial charge in [0, 0.05) is 10.9 Å². The zero-order valence-corrected chi connectivity index (χ0v) is 11.9. The molecular weight excluding hydrogens is 296 g/mol. The quantitative estimate of drug-likeness (QED) is 0.687. The van der Waals surface area contributed by atoms with Crippen molar-refractivity contribution in [2.24, 2.45) is 0 Å². The van der Waals surface area contributed by atoms with Gasteiger partial charge in [0.25, 0.3) is 0 Å². The third kappa shape index (κ3) is 2.38. The van der Waals surface area contributed by atoms with Crippen LogP contribution in [0, 0.1) is 0 Å². The molecule has 3 aromatic carbocycles. The first-order valence-electron chi connectivity index (χ1n) is 6.81. The van der Waals surface area contributed by atoms with Gasteiger partial charge in [0.15, 0.2) is 0 Å². The number of phenols is 1. The summed E-state index contributed by atoms with van der Waals surface area (Å²) < 4.78 is 0. The smallest absolute Gasteiger partial charge is 0.340 e. The molecule has 3 N–H and O–H groups in total. The summed E-state index contributed by atoms with van der Waals surface area (Å²) in [5.74, 6) is -3.06.